The van der Waals surface area contributed by atoms with E-state index in [4.69, 9.17) is 0 Å². The molecule has 102 valence electrons. The van der Waals surface area contributed by atoms with Crippen LogP contribution < -0.4 is 5.32 Å². The molecule has 2 heterocycles. The first-order chi connectivity index (χ1) is 8.99. The van der Waals surface area contributed by atoms with E-state index in [-0.39, 0.29) is 10.8 Å². The molecule has 2 aromatic rings. The number of aromatic nitrogens is 3. The van der Waals surface area contributed by atoms with Crippen molar-refractivity contribution in [2.45, 2.75) is 23.3 Å². The van der Waals surface area contributed by atoms with Crippen LogP contribution in [0.25, 0.3) is 0 Å². The maximum Gasteiger partial charge on any atom is 0.416 e. The van der Waals surface area contributed by atoms with Crippen molar-refractivity contribution in [3.05, 3.63) is 30.1 Å². The van der Waals surface area contributed by atoms with Crippen molar-refractivity contribution >= 4 is 17.6 Å². The smallest absolute Gasteiger partial charge is 0.370 e. The van der Waals surface area contributed by atoms with Crippen LogP contribution in [0, 0.1) is 0 Å². The van der Waals surface area contributed by atoms with Crippen molar-refractivity contribution in [2.24, 2.45) is 0 Å². The fourth-order valence-electron chi connectivity index (χ4n) is 1.40. The van der Waals surface area contributed by atoms with Gasteiger partial charge in [-0.15, -0.1) is 0 Å². The first-order valence-corrected chi connectivity index (χ1v) is 6.31. The van der Waals surface area contributed by atoms with E-state index in [9.17, 15) is 13.2 Å². The van der Waals surface area contributed by atoms with Gasteiger partial charge in [0.25, 0.3) is 0 Å². The number of pyridine rings is 1. The first-order valence-electron chi connectivity index (χ1n) is 5.49. The molecule has 0 amide bonds. The number of imidazole rings is 1. The topological polar surface area (TPSA) is 53.6 Å². The minimum Gasteiger partial charge on any atom is -0.370 e. The largest absolute Gasteiger partial charge is 0.416 e. The molecular weight excluding hydrogens is 277 g/mol. The minimum absolute atomic E-state index is 0.200. The van der Waals surface area contributed by atoms with E-state index in [1.807, 2.05) is 0 Å². The van der Waals surface area contributed by atoms with E-state index in [2.05, 4.69) is 20.3 Å². The highest BCUT2D eigenvalue weighted by Crippen LogP contribution is 2.34. The Bertz CT molecular complexity index is 539. The van der Waals surface area contributed by atoms with Gasteiger partial charge in [0.2, 0.25) is 0 Å². The summed E-state index contributed by atoms with van der Waals surface area (Å²) < 4.78 is 38.3. The molecule has 0 unspecified atom stereocenters. The second kappa shape index (κ2) is 5.52. The lowest BCUT2D eigenvalue weighted by molar-refractivity contribution is -0.137. The third-order valence-corrected chi connectivity index (χ3v) is 3.00. The lowest BCUT2D eigenvalue weighted by atomic mass is 10.2. The summed E-state index contributed by atoms with van der Waals surface area (Å²) in [7, 11) is 0. The number of hydrogen-bond acceptors (Lipinski definition) is 4. The van der Waals surface area contributed by atoms with Gasteiger partial charge in [-0.05, 0) is 30.8 Å². The molecule has 19 heavy (non-hydrogen) atoms. The summed E-state index contributed by atoms with van der Waals surface area (Å²) in [6.45, 7) is 2.29. The van der Waals surface area contributed by atoms with Crippen LogP contribution in [0.15, 0.2) is 34.7 Å². The molecule has 0 saturated heterocycles. The van der Waals surface area contributed by atoms with Gasteiger partial charge in [0.15, 0.2) is 5.16 Å². The zero-order chi connectivity index (χ0) is 13.9. The number of rotatable bonds is 4. The highest BCUT2D eigenvalue weighted by atomic mass is 32.2. The Kier molecular flexibility index (Phi) is 3.98. The van der Waals surface area contributed by atoms with Gasteiger partial charge in [-0.2, -0.15) is 13.2 Å². The van der Waals surface area contributed by atoms with E-state index in [1.54, 1.807) is 13.1 Å². The fraction of sp³-hybridized carbons (Fsp3) is 0.273. The van der Waals surface area contributed by atoms with E-state index in [0.717, 1.165) is 23.9 Å². The molecule has 0 bridgehead atoms. The fourth-order valence-corrected chi connectivity index (χ4v) is 2.17. The molecule has 2 N–H and O–H groups in total. The van der Waals surface area contributed by atoms with Crippen LogP contribution in [0.4, 0.5) is 19.0 Å². The number of alkyl halides is 3. The number of halogens is 3. The average Bonchev–Trinajstić information content (AvgIpc) is 2.81. The molecule has 0 radical (unpaired) electrons. The first kappa shape index (κ1) is 13.7. The number of hydrogen-bond donors (Lipinski definition) is 2. The normalized spacial score (nSPS) is 11.6. The van der Waals surface area contributed by atoms with Gasteiger partial charge in [0, 0.05) is 18.9 Å². The number of H-pyrrole nitrogens is 1. The Morgan fingerprint density at radius 2 is 2.16 bits per heavy atom. The van der Waals surface area contributed by atoms with Gasteiger partial charge in [-0.1, -0.05) is 0 Å². The van der Waals surface area contributed by atoms with Gasteiger partial charge in [-0.25, -0.2) is 9.97 Å². The molecule has 8 heteroatoms. The van der Waals surface area contributed by atoms with E-state index in [1.165, 1.54) is 6.20 Å². The van der Waals surface area contributed by atoms with Gasteiger partial charge in [0.1, 0.15) is 10.8 Å². The molecule has 4 nitrogen and oxygen atoms in total. The molecule has 0 saturated carbocycles. The van der Waals surface area contributed by atoms with Crippen LogP contribution in [0.2, 0.25) is 0 Å². The highest BCUT2D eigenvalue weighted by Gasteiger charge is 2.31. The summed E-state index contributed by atoms with van der Waals surface area (Å²) in [5.74, 6) is 0.200. The predicted octanol–water partition coefficient (Wildman–Crippen LogP) is 3.41. The summed E-state index contributed by atoms with van der Waals surface area (Å²) >= 11 is 1.05. The van der Waals surface area contributed by atoms with Crippen LogP contribution in [0.1, 0.15) is 12.5 Å². The summed E-state index contributed by atoms with van der Waals surface area (Å²) in [5, 5.41) is 3.52. The van der Waals surface area contributed by atoms with Gasteiger partial charge in [-0.3, -0.25) is 0 Å². The maximum atomic E-state index is 12.8. The van der Waals surface area contributed by atoms with Crippen molar-refractivity contribution in [1.82, 2.24) is 15.0 Å². The second-order valence-corrected chi connectivity index (χ2v) is 4.61. The number of nitrogens with one attached hydrogen (secondary N) is 2. The molecule has 0 fully saturated rings. The second-order valence-electron chi connectivity index (χ2n) is 3.60. The maximum absolute atomic E-state index is 12.8. The van der Waals surface area contributed by atoms with Crippen LogP contribution in [0.3, 0.4) is 0 Å². The van der Waals surface area contributed by atoms with Crippen molar-refractivity contribution in [2.75, 3.05) is 11.9 Å². The highest BCUT2D eigenvalue weighted by molar-refractivity contribution is 7.99. The SMILES string of the molecule is CCNc1cc(C(F)(F)F)cc(Sc2ncc[nH]2)n1. The molecule has 2 aromatic heterocycles. The zero-order valence-electron chi connectivity index (χ0n) is 9.95. The summed E-state index contributed by atoms with van der Waals surface area (Å²) in [4.78, 5) is 10.9. The lowest BCUT2D eigenvalue weighted by Crippen LogP contribution is -2.08. The van der Waals surface area contributed by atoms with Crippen molar-refractivity contribution in [3.63, 3.8) is 0 Å². The third kappa shape index (κ3) is 3.63. The molecule has 0 aliphatic carbocycles. The Labute approximate surface area is 111 Å². The molecule has 0 atom stereocenters. The number of anilines is 1. The summed E-state index contributed by atoms with van der Waals surface area (Å²) in [5.41, 5.74) is -0.729. The van der Waals surface area contributed by atoms with Crippen molar-refractivity contribution in [1.29, 1.82) is 0 Å². The number of aromatic amines is 1. The molecule has 0 aromatic carbocycles. The van der Waals surface area contributed by atoms with Crippen molar-refractivity contribution < 1.29 is 13.2 Å². The van der Waals surface area contributed by atoms with Crippen molar-refractivity contribution in [3.8, 4) is 0 Å². The third-order valence-electron chi connectivity index (χ3n) is 2.16. The number of nitrogens with zero attached hydrogens (tertiary/aromatic N) is 2. The van der Waals surface area contributed by atoms with Crippen LogP contribution >= 0.6 is 11.8 Å². The average molecular weight is 288 g/mol. The Balaban J connectivity index is 2.34. The Morgan fingerprint density at radius 1 is 1.37 bits per heavy atom. The quantitative estimate of drug-likeness (QED) is 0.905. The van der Waals surface area contributed by atoms with Crippen LogP contribution in [0.5, 0.6) is 0 Å². The van der Waals surface area contributed by atoms with Gasteiger partial charge in [0.05, 0.1) is 5.56 Å². The van der Waals surface area contributed by atoms with E-state index in [0.29, 0.717) is 11.7 Å². The van der Waals surface area contributed by atoms with E-state index < -0.39 is 11.7 Å². The zero-order valence-corrected chi connectivity index (χ0v) is 10.8. The van der Waals surface area contributed by atoms with Crippen LogP contribution in [-0.2, 0) is 6.18 Å². The Hall–Kier alpha value is -1.70. The van der Waals surface area contributed by atoms with Gasteiger partial charge < -0.3 is 10.3 Å². The molecule has 0 aliphatic rings. The minimum atomic E-state index is -4.40. The summed E-state index contributed by atoms with van der Waals surface area (Å²) in [6.07, 6.45) is -1.27. The lowest BCUT2D eigenvalue weighted by Gasteiger charge is -2.11. The summed E-state index contributed by atoms with van der Waals surface area (Å²) in [6, 6.07) is 2.00. The molecule has 0 spiro atoms. The molecular formula is C11H11F3N4S. The molecule has 2 rings (SSSR count). The monoisotopic (exact) mass is 288 g/mol. The standard InChI is InChI=1S/C11H11F3N4S/c1-2-15-8-5-7(11(12,13)14)6-9(18-8)19-10-16-3-4-17-10/h3-6H,2H2,1H3,(H,15,18)(H,16,17). The Morgan fingerprint density at radius 3 is 2.74 bits per heavy atom. The van der Waals surface area contributed by atoms with Gasteiger partial charge >= 0.3 is 6.18 Å². The van der Waals surface area contributed by atoms with Crippen LogP contribution in [-0.4, -0.2) is 21.5 Å². The predicted molar refractivity (Wildman–Crippen MR) is 66.1 cm³/mol. The van der Waals surface area contributed by atoms with E-state index >= 15 is 0 Å². The molecule has 0 aliphatic heterocycles.